The van der Waals surface area contributed by atoms with Crippen LogP contribution in [0.25, 0.3) is 0 Å². The molecule has 27 heavy (non-hydrogen) atoms. The molecule has 2 rings (SSSR count). The normalized spacial score (nSPS) is 10.2. The fourth-order valence-corrected chi connectivity index (χ4v) is 3.30. The molecule has 0 aromatic heterocycles. The van der Waals surface area contributed by atoms with Gasteiger partial charge in [0.1, 0.15) is 11.5 Å². The maximum atomic E-state index is 12.1. The molecule has 7 heteroatoms. The van der Waals surface area contributed by atoms with E-state index in [1.54, 1.807) is 46.3 Å². The van der Waals surface area contributed by atoms with Crippen molar-refractivity contribution in [2.45, 2.75) is 17.9 Å². The van der Waals surface area contributed by atoms with Crippen LogP contribution < -0.4 is 24.3 Å². The lowest BCUT2D eigenvalue weighted by Crippen LogP contribution is -2.23. The van der Waals surface area contributed by atoms with Gasteiger partial charge < -0.3 is 24.3 Å². The molecule has 0 aliphatic carbocycles. The van der Waals surface area contributed by atoms with Gasteiger partial charge in [0.2, 0.25) is 5.91 Å². The third-order valence-electron chi connectivity index (χ3n) is 3.92. The molecular formula is C20H25NO5S. The first-order valence-electron chi connectivity index (χ1n) is 8.43. The molecule has 0 fully saturated rings. The summed E-state index contributed by atoms with van der Waals surface area (Å²) in [4.78, 5) is 13.2. The highest BCUT2D eigenvalue weighted by Crippen LogP contribution is 2.34. The lowest BCUT2D eigenvalue weighted by Gasteiger charge is -2.14. The van der Waals surface area contributed by atoms with Gasteiger partial charge in [-0.25, -0.2) is 0 Å². The van der Waals surface area contributed by atoms with Crippen molar-refractivity contribution >= 4 is 17.7 Å². The highest BCUT2D eigenvalue weighted by atomic mass is 32.2. The Bertz CT molecular complexity index is 749. The van der Waals surface area contributed by atoms with E-state index < -0.39 is 0 Å². The molecule has 0 spiro atoms. The predicted octanol–water partition coefficient (Wildman–Crippen LogP) is 3.52. The van der Waals surface area contributed by atoms with Crippen LogP contribution in [0.1, 0.15) is 12.0 Å². The summed E-state index contributed by atoms with van der Waals surface area (Å²) < 4.78 is 21.1. The first-order chi connectivity index (χ1) is 13.1. The maximum absolute atomic E-state index is 12.1. The Morgan fingerprint density at radius 2 is 1.52 bits per heavy atom. The summed E-state index contributed by atoms with van der Waals surface area (Å²) in [6, 6.07) is 11.3. The standard InChI is InChI=1S/C20H25NO5S/c1-23-15-5-7-16(8-6-15)27-10-9-20(22)21-13-14-11-18(25-3)19(26-4)12-17(14)24-2/h5-8,11-12H,9-10,13H2,1-4H3,(H,21,22). The Hall–Kier alpha value is -2.54. The molecule has 0 saturated carbocycles. The second kappa shape index (κ2) is 10.6. The van der Waals surface area contributed by atoms with Crippen LogP contribution in [-0.4, -0.2) is 40.1 Å². The molecule has 0 bridgehead atoms. The number of hydrogen-bond donors (Lipinski definition) is 1. The summed E-state index contributed by atoms with van der Waals surface area (Å²) in [5.74, 6) is 3.31. The van der Waals surface area contributed by atoms with Gasteiger partial charge >= 0.3 is 0 Å². The van der Waals surface area contributed by atoms with E-state index in [1.807, 2.05) is 30.3 Å². The zero-order valence-corrected chi connectivity index (χ0v) is 16.9. The van der Waals surface area contributed by atoms with Gasteiger partial charge in [-0.15, -0.1) is 11.8 Å². The summed E-state index contributed by atoms with van der Waals surface area (Å²) in [6.45, 7) is 0.357. The Morgan fingerprint density at radius 1 is 0.889 bits per heavy atom. The summed E-state index contributed by atoms with van der Waals surface area (Å²) >= 11 is 1.63. The smallest absolute Gasteiger partial charge is 0.221 e. The van der Waals surface area contributed by atoms with E-state index in [0.717, 1.165) is 16.2 Å². The Morgan fingerprint density at radius 3 is 2.11 bits per heavy atom. The maximum Gasteiger partial charge on any atom is 0.221 e. The molecule has 0 radical (unpaired) electrons. The topological polar surface area (TPSA) is 66.0 Å². The number of carbonyl (C=O) groups excluding carboxylic acids is 1. The second-order valence-electron chi connectivity index (χ2n) is 5.57. The number of amides is 1. The van der Waals surface area contributed by atoms with E-state index in [9.17, 15) is 4.79 Å². The van der Waals surface area contributed by atoms with Crippen LogP contribution in [0.4, 0.5) is 0 Å². The zero-order valence-electron chi connectivity index (χ0n) is 16.0. The zero-order chi connectivity index (χ0) is 19.6. The minimum atomic E-state index is -0.0205. The number of carbonyl (C=O) groups is 1. The van der Waals surface area contributed by atoms with Crippen LogP contribution in [-0.2, 0) is 11.3 Å². The van der Waals surface area contributed by atoms with Gasteiger partial charge in [0.15, 0.2) is 11.5 Å². The van der Waals surface area contributed by atoms with Gasteiger partial charge in [0, 0.05) is 35.2 Å². The fraction of sp³-hybridized carbons (Fsp3) is 0.350. The van der Waals surface area contributed by atoms with Crippen molar-refractivity contribution in [3.63, 3.8) is 0 Å². The van der Waals surface area contributed by atoms with E-state index in [1.165, 1.54) is 0 Å². The van der Waals surface area contributed by atoms with E-state index >= 15 is 0 Å². The number of nitrogens with one attached hydrogen (secondary N) is 1. The highest BCUT2D eigenvalue weighted by Gasteiger charge is 2.12. The van der Waals surface area contributed by atoms with Crippen LogP contribution in [0.3, 0.4) is 0 Å². The van der Waals surface area contributed by atoms with E-state index in [0.29, 0.717) is 36.0 Å². The summed E-state index contributed by atoms with van der Waals surface area (Å²) in [5.41, 5.74) is 0.825. The molecule has 0 heterocycles. The highest BCUT2D eigenvalue weighted by molar-refractivity contribution is 7.99. The average molecular weight is 391 g/mol. The molecule has 2 aromatic carbocycles. The molecular weight excluding hydrogens is 366 g/mol. The van der Waals surface area contributed by atoms with E-state index in [4.69, 9.17) is 18.9 Å². The molecule has 1 amide bonds. The van der Waals surface area contributed by atoms with Gasteiger partial charge in [-0.05, 0) is 30.3 Å². The molecule has 0 aliphatic heterocycles. The molecule has 0 unspecified atom stereocenters. The number of thioether (sulfide) groups is 1. The van der Waals surface area contributed by atoms with Crippen molar-refractivity contribution in [3.05, 3.63) is 42.0 Å². The lowest BCUT2D eigenvalue weighted by molar-refractivity contribution is -0.120. The first-order valence-corrected chi connectivity index (χ1v) is 9.42. The van der Waals surface area contributed by atoms with Crippen molar-refractivity contribution in [2.75, 3.05) is 34.2 Å². The van der Waals surface area contributed by atoms with Crippen molar-refractivity contribution in [2.24, 2.45) is 0 Å². The Balaban J connectivity index is 1.85. The molecule has 0 aliphatic rings. The van der Waals surface area contributed by atoms with E-state index in [2.05, 4.69) is 5.32 Å². The quantitative estimate of drug-likeness (QED) is 0.625. The molecule has 2 aromatic rings. The monoisotopic (exact) mass is 391 g/mol. The van der Waals surface area contributed by atoms with Crippen LogP contribution in [0.15, 0.2) is 41.3 Å². The number of rotatable bonds is 10. The largest absolute Gasteiger partial charge is 0.497 e. The average Bonchev–Trinajstić information content (AvgIpc) is 2.71. The SMILES string of the molecule is COc1ccc(SCCC(=O)NCc2cc(OC)c(OC)cc2OC)cc1. The second-order valence-corrected chi connectivity index (χ2v) is 6.74. The molecule has 6 nitrogen and oxygen atoms in total. The molecule has 0 saturated heterocycles. The van der Waals surface area contributed by atoms with Crippen LogP contribution in [0.5, 0.6) is 23.0 Å². The van der Waals surface area contributed by atoms with Crippen molar-refractivity contribution in [1.29, 1.82) is 0 Å². The third-order valence-corrected chi connectivity index (χ3v) is 4.93. The van der Waals surface area contributed by atoms with Crippen molar-refractivity contribution < 1.29 is 23.7 Å². The number of ether oxygens (including phenoxy) is 4. The number of benzene rings is 2. The van der Waals surface area contributed by atoms with Crippen LogP contribution in [0, 0.1) is 0 Å². The van der Waals surface area contributed by atoms with Gasteiger partial charge in [-0.2, -0.15) is 0 Å². The predicted molar refractivity (Wildman–Crippen MR) is 106 cm³/mol. The minimum absolute atomic E-state index is 0.0205. The Labute approximate surface area is 164 Å². The molecule has 0 atom stereocenters. The minimum Gasteiger partial charge on any atom is -0.497 e. The summed E-state index contributed by atoms with van der Waals surface area (Å²) in [6.07, 6.45) is 0.423. The number of hydrogen-bond acceptors (Lipinski definition) is 6. The number of methoxy groups -OCH3 is 4. The van der Waals surface area contributed by atoms with Gasteiger partial charge in [-0.1, -0.05) is 0 Å². The summed E-state index contributed by atoms with van der Waals surface area (Å²) in [5, 5.41) is 2.92. The van der Waals surface area contributed by atoms with E-state index in [-0.39, 0.29) is 5.91 Å². The third kappa shape index (κ3) is 5.99. The van der Waals surface area contributed by atoms with Gasteiger partial charge in [0.05, 0.1) is 28.4 Å². The molecule has 1 N–H and O–H groups in total. The van der Waals surface area contributed by atoms with Crippen LogP contribution >= 0.6 is 11.8 Å². The Kier molecular flexibility index (Phi) is 8.13. The lowest BCUT2D eigenvalue weighted by atomic mass is 10.1. The van der Waals surface area contributed by atoms with Crippen LogP contribution in [0.2, 0.25) is 0 Å². The van der Waals surface area contributed by atoms with Gasteiger partial charge in [0.25, 0.3) is 0 Å². The van der Waals surface area contributed by atoms with Gasteiger partial charge in [-0.3, -0.25) is 4.79 Å². The van der Waals surface area contributed by atoms with Crippen molar-refractivity contribution in [1.82, 2.24) is 5.32 Å². The van der Waals surface area contributed by atoms with Crippen molar-refractivity contribution in [3.8, 4) is 23.0 Å². The fourth-order valence-electron chi connectivity index (χ4n) is 2.45. The first kappa shape index (κ1) is 20.8. The summed E-state index contributed by atoms with van der Waals surface area (Å²) in [7, 11) is 6.36. The molecule has 146 valence electrons.